The monoisotopic (exact) mass is 512 g/mol. The van der Waals surface area contributed by atoms with E-state index in [2.05, 4.69) is 17.4 Å². The predicted molar refractivity (Wildman–Crippen MR) is 147 cm³/mol. The van der Waals surface area contributed by atoms with E-state index in [1.807, 2.05) is 66.4 Å². The first kappa shape index (κ1) is 25.4. The van der Waals surface area contributed by atoms with E-state index < -0.39 is 0 Å². The van der Waals surface area contributed by atoms with Gasteiger partial charge in [-0.25, -0.2) is 0 Å². The van der Waals surface area contributed by atoms with Crippen LogP contribution in [-0.2, 0) is 11.2 Å². The highest BCUT2D eigenvalue weighted by Gasteiger charge is 2.25. The average molecular weight is 513 g/mol. The summed E-state index contributed by atoms with van der Waals surface area (Å²) in [5, 5.41) is 3.97. The molecule has 0 bridgehead atoms. The molecule has 3 aromatic carbocycles. The van der Waals surface area contributed by atoms with Crippen molar-refractivity contribution in [1.82, 2.24) is 4.90 Å². The number of anilines is 1. The van der Waals surface area contributed by atoms with Crippen molar-refractivity contribution in [3.63, 3.8) is 0 Å². The highest BCUT2D eigenvalue weighted by atomic mass is 16.5. The smallest absolute Gasteiger partial charge is 0.253 e. The molecule has 38 heavy (non-hydrogen) atoms. The molecule has 7 nitrogen and oxygen atoms in total. The Labute approximate surface area is 222 Å². The van der Waals surface area contributed by atoms with Crippen LogP contribution in [0.4, 0.5) is 5.69 Å². The number of piperidine rings is 1. The van der Waals surface area contributed by atoms with Crippen LogP contribution in [0, 0.1) is 0 Å². The second-order valence-corrected chi connectivity index (χ2v) is 9.50. The number of fused-ring (bicyclic) bond motifs is 1. The number of nitrogens with one attached hydrogen (secondary N) is 1. The molecule has 1 saturated heterocycles. The molecule has 1 aliphatic rings. The summed E-state index contributed by atoms with van der Waals surface area (Å²) in [6, 6.07) is 21.1. The lowest BCUT2D eigenvalue weighted by molar-refractivity contribution is -0.115. The molecule has 7 heteroatoms. The minimum Gasteiger partial charge on any atom is -0.493 e. The molecule has 5 rings (SSSR count). The van der Waals surface area contributed by atoms with Gasteiger partial charge in [0.05, 0.1) is 26.4 Å². The van der Waals surface area contributed by atoms with Crippen molar-refractivity contribution < 1.29 is 23.5 Å². The third-order valence-corrected chi connectivity index (χ3v) is 7.04. The number of furan rings is 1. The lowest BCUT2D eigenvalue weighted by Gasteiger charge is -2.32. The molecule has 4 aromatic rings. The Balaban J connectivity index is 1.13. The van der Waals surface area contributed by atoms with E-state index in [1.165, 1.54) is 5.56 Å². The van der Waals surface area contributed by atoms with Crippen molar-refractivity contribution in [2.75, 3.05) is 32.1 Å². The maximum Gasteiger partial charge on any atom is 0.253 e. The Morgan fingerprint density at radius 2 is 1.76 bits per heavy atom. The number of rotatable bonds is 8. The van der Waals surface area contributed by atoms with E-state index in [9.17, 15) is 9.59 Å². The Bertz CT molecular complexity index is 1420. The number of hydrogen-bond donors (Lipinski definition) is 1. The van der Waals surface area contributed by atoms with E-state index in [4.69, 9.17) is 13.9 Å². The minimum absolute atomic E-state index is 0.0463. The summed E-state index contributed by atoms with van der Waals surface area (Å²) < 4.78 is 16.4. The molecule has 2 heterocycles. The van der Waals surface area contributed by atoms with E-state index in [1.54, 1.807) is 13.4 Å². The van der Waals surface area contributed by atoms with Crippen LogP contribution in [0.25, 0.3) is 11.0 Å². The van der Waals surface area contributed by atoms with Gasteiger partial charge in [0.1, 0.15) is 5.58 Å². The quantitative estimate of drug-likeness (QED) is 0.311. The summed E-state index contributed by atoms with van der Waals surface area (Å²) in [5.41, 5.74) is 4.23. The van der Waals surface area contributed by atoms with Gasteiger partial charge in [-0.1, -0.05) is 24.3 Å². The largest absolute Gasteiger partial charge is 0.493 e. The van der Waals surface area contributed by atoms with Crippen LogP contribution in [0.1, 0.15) is 47.2 Å². The molecule has 0 saturated carbocycles. The Morgan fingerprint density at radius 1 is 0.974 bits per heavy atom. The van der Waals surface area contributed by atoms with Crippen molar-refractivity contribution in [3.05, 3.63) is 89.7 Å². The zero-order valence-corrected chi connectivity index (χ0v) is 21.7. The van der Waals surface area contributed by atoms with Gasteiger partial charge in [0, 0.05) is 29.7 Å². The summed E-state index contributed by atoms with van der Waals surface area (Å²) in [5.74, 6) is 1.62. The van der Waals surface area contributed by atoms with Crippen molar-refractivity contribution in [2.45, 2.75) is 32.1 Å². The number of methoxy groups -OCH3 is 1. The SMILES string of the molecule is CCOc1ccc(CC(=O)Nc2ccc(C3CCN(C(=O)c4ccc5ccoc5c4)CC3)cc2)cc1OC. The van der Waals surface area contributed by atoms with Gasteiger partial charge < -0.3 is 24.1 Å². The molecule has 1 aliphatic heterocycles. The lowest BCUT2D eigenvalue weighted by atomic mass is 9.89. The van der Waals surface area contributed by atoms with E-state index in [0.717, 1.165) is 35.1 Å². The number of carbonyl (C=O) groups is 2. The molecule has 1 aromatic heterocycles. The van der Waals surface area contributed by atoms with Crippen molar-refractivity contribution >= 4 is 28.5 Å². The van der Waals surface area contributed by atoms with Gasteiger partial charge in [-0.2, -0.15) is 0 Å². The standard InChI is InChI=1S/C31H32N2O5/c1-3-37-27-11-4-21(18-29(27)36-2)19-30(34)32-26-9-7-22(8-10-26)23-12-15-33(16-13-23)31(35)25-6-5-24-14-17-38-28(24)20-25/h4-11,14,17-18,20,23H,3,12-13,15-16,19H2,1-2H3,(H,32,34). The third kappa shape index (κ3) is 5.67. The zero-order chi connectivity index (χ0) is 26.5. The molecular weight excluding hydrogens is 480 g/mol. The highest BCUT2D eigenvalue weighted by molar-refractivity contribution is 5.97. The molecule has 0 spiro atoms. The van der Waals surface area contributed by atoms with Crippen LogP contribution in [-0.4, -0.2) is 43.5 Å². The second-order valence-electron chi connectivity index (χ2n) is 9.50. The number of amides is 2. The summed E-state index contributed by atoms with van der Waals surface area (Å²) in [6.45, 7) is 3.89. The highest BCUT2D eigenvalue weighted by Crippen LogP contribution is 2.31. The van der Waals surface area contributed by atoms with E-state index in [0.29, 0.717) is 42.7 Å². The number of likely N-dealkylation sites (tertiary alicyclic amines) is 1. The van der Waals surface area contributed by atoms with Crippen LogP contribution in [0.3, 0.4) is 0 Å². The first-order valence-electron chi connectivity index (χ1n) is 13.0. The van der Waals surface area contributed by atoms with Crippen LogP contribution >= 0.6 is 0 Å². The molecule has 1 N–H and O–H groups in total. The van der Waals surface area contributed by atoms with Crippen molar-refractivity contribution in [3.8, 4) is 11.5 Å². The van der Waals surface area contributed by atoms with Crippen LogP contribution in [0.5, 0.6) is 11.5 Å². The molecule has 196 valence electrons. The molecule has 1 fully saturated rings. The topological polar surface area (TPSA) is 81.0 Å². The lowest BCUT2D eigenvalue weighted by Crippen LogP contribution is -2.37. The Kier molecular flexibility index (Phi) is 7.63. The minimum atomic E-state index is -0.0940. The van der Waals surface area contributed by atoms with Crippen LogP contribution in [0.2, 0.25) is 0 Å². The van der Waals surface area contributed by atoms with E-state index in [-0.39, 0.29) is 18.2 Å². The Morgan fingerprint density at radius 3 is 2.50 bits per heavy atom. The zero-order valence-electron chi connectivity index (χ0n) is 21.7. The first-order valence-corrected chi connectivity index (χ1v) is 13.0. The predicted octanol–water partition coefficient (Wildman–Crippen LogP) is 6.04. The fourth-order valence-corrected chi connectivity index (χ4v) is 5.01. The summed E-state index contributed by atoms with van der Waals surface area (Å²) in [6.07, 6.45) is 3.68. The second kappa shape index (κ2) is 11.4. The fourth-order valence-electron chi connectivity index (χ4n) is 5.01. The first-order chi connectivity index (χ1) is 18.5. The van der Waals surface area contributed by atoms with Crippen LogP contribution in [0.15, 0.2) is 77.4 Å². The van der Waals surface area contributed by atoms with Gasteiger partial charge in [0.2, 0.25) is 5.91 Å². The van der Waals surface area contributed by atoms with Gasteiger partial charge in [0.15, 0.2) is 11.5 Å². The van der Waals surface area contributed by atoms with Gasteiger partial charge in [0.25, 0.3) is 5.91 Å². The van der Waals surface area contributed by atoms with Crippen LogP contribution < -0.4 is 14.8 Å². The number of benzene rings is 3. The van der Waals surface area contributed by atoms with E-state index >= 15 is 0 Å². The van der Waals surface area contributed by atoms with Crippen molar-refractivity contribution in [2.24, 2.45) is 0 Å². The number of carbonyl (C=O) groups excluding carboxylic acids is 2. The summed E-state index contributed by atoms with van der Waals surface area (Å²) in [4.78, 5) is 27.5. The average Bonchev–Trinajstić information content (AvgIpc) is 3.42. The van der Waals surface area contributed by atoms with Gasteiger partial charge in [-0.15, -0.1) is 0 Å². The maximum absolute atomic E-state index is 13.0. The summed E-state index contributed by atoms with van der Waals surface area (Å²) in [7, 11) is 1.59. The summed E-state index contributed by atoms with van der Waals surface area (Å²) >= 11 is 0. The van der Waals surface area contributed by atoms with Gasteiger partial charge in [-0.05, 0) is 79.3 Å². The molecule has 0 aliphatic carbocycles. The molecule has 0 unspecified atom stereocenters. The third-order valence-electron chi connectivity index (χ3n) is 7.04. The molecule has 0 radical (unpaired) electrons. The Hall–Kier alpha value is -4.26. The maximum atomic E-state index is 13.0. The van der Waals surface area contributed by atoms with Crippen molar-refractivity contribution in [1.29, 1.82) is 0 Å². The van der Waals surface area contributed by atoms with Gasteiger partial charge >= 0.3 is 0 Å². The normalized spacial score (nSPS) is 13.9. The number of nitrogens with zero attached hydrogens (tertiary/aromatic N) is 1. The molecular formula is C31H32N2O5. The number of hydrogen-bond acceptors (Lipinski definition) is 5. The fraction of sp³-hybridized carbons (Fsp3) is 0.290. The molecule has 0 atom stereocenters. The van der Waals surface area contributed by atoms with Gasteiger partial charge in [-0.3, -0.25) is 9.59 Å². The molecule has 2 amide bonds. The number of ether oxygens (including phenoxy) is 2.